The number of fused-ring (bicyclic) bond motifs is 5. The van der Waals surface area contributed by atoms with Gasteiger partial charge in [0.05, 0.1) is 11.8 Å². The quantitative estimate of drug-likeness (QED) is 0.216. The summed E-state index contributed by atoms with van der Waals surface area (Å²) in [6.45, 7) is 1.55. The van der Waals surface area contributed by atoms with Gasteiger partial charge in [0, 0.05) is 46.1 Å². The topological polar surface area (TPSA) is 78.7 Å². The van der Waals surface area contributed by atoms with Gasteiger partial charge >= 0.3 is 0 Å². The first kappa shape index (κ1) is 19.9. The molecular formula is C19H26IN5O2. The number of carbonyl (C=O) groups is 2. The standard InChI is InChI=1S/C19H25N5O2.HI/c1-20-19(22-10-12-5-7-23(2)11-12)21-6-8-24-17(25)15-13-3-4-14(9-13)16(15)18(24)26;/h3-5,7,11,13-16H,6,8-10H2,1-2H3,(H2,20,21,22);1H. The minimum Gasteiger partial charge on any atom is -0.357 e. The Morgan fingerprint density at radius 2 is 1.85 bits per heavy atom. The third kappa shape index (κ3) is 3.63. The lowest BCUT2D eigenvalue weighted by Crippen LogP contribution is -2.43. The number of halogens is 1. The van der Waals surface area contributed by atoms with Crippen molar-refractivity contribution in [3.8, 4) is 0 Å². The first-order chi connectivity index (χ1) is 12.6. The summed E-state index contributed by atoms with van der Waals surface area (Å²) in [6.07, 6.45) is 9.25. The second-order valence-corrected chi connectivity index (χ2v) is 7.37. The van der Waals surface area contributed by atoms with E-state index >= 15 is 0 Å². The molecule has 1 saturated heterocycles. The molecule has 2 N–H and O–H groups in total. The van der Waals surface area contributed by atoms with Crippen molar-refractivity contribution in [2.24, 2.45) is 35.7 Å². The number of likely N-dealkylation sites (tertiary alicyclic amines) is 1. The molecule has 2 fully saturated rings. The number of nitrogens with zero attached hydrogens (tertiary/aromatic N) is 3. The first-order valence-electron chi connectivity index (χ1n) is 9.17. The van der Waals surface area contributed by atoms with E-state index in [1.165, 1.54) is 4.90 Å². The summed E-state index contributed by atoms with van der Waals surface area (Å²) >= 11 is 0. The van der Waals surface area contributed by atoms with Crippen LogP contribution in [0.25, 0.3) is 0 Å². The molecule has 0 aromatic carbocycles. The van der Waals surface area contributed by atoms with Gasteiger partial charge in [-0.1, -0.05) is 12.2 Å². The molecule has 2 bridgehead atoms. The summed E-state index contributed by atoms with van der Waals surface area (Å²) in [6, 6.07) is 2.04. The summed E-state index contributed by atoms with van der Waals surface area (Å²) in [7, 11) is 3.69. The van der Waals surface area contributed by atoms with Crippen LogP contribution in [0.15, 0.2) is 35.6 Å². The van der Waals surface area contributed by atoms with Crippen molar-refractivity contribution < 1.29 is 9.59 Å². The largest absolute Gasteiger partial charge is 0.357 e. The average Bonchev–Trinajstić information content (AvgIpc) is 3.38. The summed E-state index contributed by atoms with van der Waals surface area (Å²) < 4.78 is 2.00. The fourth-order valence-corrected chi connectivity index (χ4v) is 4.54. The fourth-order valence-electron chi connectivity index (χ4n) is 4.54. The number of aryl methyl sites for hydroxylation is 1. The highest BCUT2D eigenvalue weighted by atomic mass is 127. The van der Waals surface area contributed by atoms with E-state index in [2.05, 4.69) is 27.8 Å². The number of imide groups is 1. The molecule has 1 aromatic heterocycles. The molecule has 1 aliphatic heterocycles. The normalized spacial score (nSPS) is 28.5. The Labute approximate surface area is 176 Å². The maximum Gasteiger partial charge on any atom is 0.233 e. The number of rotatable bonds is 5. The lowest BCUT2D eigenvalue weighted by atomic mass is 9.85. The van der Waals surface area contributed by atoms with E-state index < -0.39 is 0 Å². The van der Waals surface area contributed by atoms with Crippen molar-refractivity contribution in [2.45, 2.75) is 13.0 Å². The van der Waals surface area contributed by atoms with Crippen LogP contribution in [0.4, 0.5) is 0 Å². The third-order valence-corrected chi connectivity index (χ3v) is 5.77. The molecular weight excluding hydrogens is 457 g/mol. The molecule has 27 heavy (non-hydrogen) atoms. The van der Waals surface area contributed by atoms with Crippen LogP contribution in [0.2, 0.25) is 0 Å². The molecule has 4 unspecified atom stereocenters. The lowest BCUT2D eigenvalue weighted by molar-refractivity contribution is -0.140. The summed E-state index contributed by atoms with van der Waals surface area (Å²) in [5, 5.41) is 6.43. The van der Waals surface area contributed by atoms with E-state index in [0.717, 1.165) is 12.0 Å². The number of guanidine groups is 1. The molecule has 1 saturated carbocycles. The van der Waals surface area contributed by atoms with Gasteiger partial charge in [-0.15, -0.1) is 24.0 Å². The molecule has 7 nitrogen and oxygen atoms in total. The Hall–Kier alpha value is -1.84. The van der Waals surface area contributed by atoms with Crippen LogP contribution >= 0.6 is 24.0 Å². The smallest absolute Gasteiger partial charge is 0.233 e. The second-order valence-electron chi connectivity index (χ2n) is 7.37. The van der Waals surface area contributed by atoms with Gasteiger partial charge in [0.2, 0.25) is 11.8 Å². The number of hydrogen-bond acceptors (Lipinski definition) is 3. The van der Waals surface area contributed by atoms with Crippen molar-refractivity contribution in [3.05, 3.63) is 36.2 Å². The zero-order valence-corrected chi connectivity index (χ0v) is 17.9. The van der Waals surface area contributed by atoms with Crippen molar-refractivity contribution in [2.75, 3.05) is 20.1 Å². The maximum absolute atomic E-state index is 12.6. The summed E-state index contributed by atoms with van der Waals surface area (Å²) in [4.78, 5) is 30.9. The molecule has 0 spiro atoms. The number of allylic oxidation sites excluding steroid dienone is 2. The molecule has 4 rings (SSSR count). The van der Waals surface area contributed by atoms with Gasteiger partial charge in [-0.05, 0) is 29.9 Å². The molecule has 8 heteroatoms. The van der Waals surface area contributed by atoms with Gasteiger partial charge in [0.1, 0.15) is 0 Å². The predicted molar refractivity (Wildman–Crippen MR) is 113 cm³/mol. The van der Waals surface area contributed by atoms with Crippen LogP contribution in [0.3, 0.4) is 0 Å². The van der Waals surface area contributed by atoms with Crippen LogP contribution in [-0.2, 0) is 23.2 Å². The Morgan fingerprint density at radius 3 is 2.41 bits per heavy atom. The van der Waals surface area contributed by atoms with E-state index in [4.69, 9.17) is 0 Å². The molecule has 3 aliphatic rings. The van der Waals surface area contributed by atoms with E-state index in [1.54, 1.807) is 7.05 Å². The van der Waals surface area contributed by atoms with E-state index in [-0.39, 0.29) is 59.5 Å². The highest BCUT2D eigenvalue weighted by Gasteiger charge is 2.58. The lowest BCUT2D eigenvalue weighted by Gasteiger charge is -2.18. The van der Waals surface area contributed by atoms with Crippen molar-refractivity contribution in [1.29, 1.82) is 0 Å². The van der Waals surface area contributed by atoms with E-state index in [0.29, 0.717) is 25.6 Å². The second kappa shape index (κ2) is 8.04. The third-order valence-electron chi connectivity index (χ3n) is 5.77. The molecule has 4 atom stereocenters. The zero-order valence-electron chi connectivity index (χ0n) is 15.6. The molecule has 2 aliphatic carbocycles. The van der Waals surface area contributed by atoms with Gasteiger partial charge in [-0.25, -0.2) is 0 Å². The SMILES string of the molecule is CN=C(NCCN1C(=O)C2C3C=CC(C3)C2C1=O)NCc1ccn(C)c1.I. The monoisotopic (exact) mass is 483 g/mol. The van der Waals surface area contributed by atoms with Gasteiger partial charge in [-0.2, -0.15) is 0 Å². The van der Waals surface area contributed by atoms with E-state index in [9.17, 15) is 9.59 Å². The number of aromatic nitrogens is 1. The predicted octanol–water partition coefficient (Wildman–Crippen LogP) is 1.12. The van der Waals surface area contributed by atoms with Crippen LogP contribution in [0, 0.1) is 23.7 Å². The van der Waals surface area contributed by atoms with Crippen LogP contribution in [-0.4, -0.2) is 47.4 Å². The zero-order chi connectivity index (χ0) is 18.3. The van der Waals surface area contributed by atoms with Crippen LogP contribution < -0.4 is 10.6 Å². The summed E-state index contributed by atoms with van der Waals surface area (Å²) in [5.74, 6) is 0.965. The first-order valence-corrected chi connectivity index (χ1v) is 9.17. The molecule has 2 heterocycles. The number of nitrogens with one attached hydrogen (secondary N) is 2. The van der Waals surface area contributed by atoms with Crippen molar-refractivity contribution in [1.82, 2.24) is 20.1 Å². The number of hydrogen-bond donors (Lipinski definition) is 2. The van der Waals surface area contributed by atoms with E-state index in [1.807, 2.05) is 30.1 Å². The summed E-state index contributed by atoms with van der Waals surface area (Å²) in [5.41, 5.74) is 1.16. The molecule has 0 radical (unpaired) electrons. The molecule has 146 valence electrons. The number of amides is 2. The molecule has 1 aromatic rings. The Bertz CT molecular complexity index is 757. The van der Waals surface area contributed by atoms with Gasteiger partial charge < -0.3 is 15.2 Å². The minimum atomic E-state index is -0.118. The number of aliphatic imine (C=N–C) groups is 1. The average molecular weight is 483 g/mol. The van der Waals surface area contributed by atoms with Gasteiger partial charge in [0.25, 0.3) is 0 Å². The van der Waals surface area contributed by atoms with Gasteiger partial charge in [0.15, 0.2) is 5.96 Å². The molecule has 2 amide bonds. The van der Waals surface area contributed by atoms with Crippen LogP contribution in [0.5, 0.6) is 0 Å². The Balaban J connectivity index is 0.00000210. The van der Waals surface area contributed by atoms with Crippen molar-refractivity contribution in [3.63, 3.8) is 0 Å². The highest BCUT2D eigenvalue weighted by molar-refractivity contribution is 14.0. The van der Waals surface area contributed by atoms with Crippen molar-refractivity contribution >= 4 is 41.8 Å². The van der Waals surface area contributed by atoms with Gasteiger partial charge in [-0.3, -0.25) is 19.5 Å². The minimum absolute atomic E-state index is 0. The Morgan fingerprint density at radius 1 is 1.19 bits per heavy atom. The fraction of sp³-hybridized carbons (Fsp3) is 0.526. The number of carbonyl (C=O) groups excluding carboxylic acids is 2. The Kier molecular flexibility index (Phi) is 5.92. The van der Waals surface area contributed by atoms with Crippen LogP contribution in [0.1, 0.15) is 12.0 Å². The highest BCUT2D eigenvalue weighted by Crippen LogP contribution is 2.52. The maximum atomic E-state index is 12.6.